The molecule has 2 aromatic rings. The zero-order valence-corrected chi connectivity index (χ0v) is 14.9. The van der Waals surface area contributed by atoms with Crippen molar-refractivity contribution in [2.24, 2.45) is 0 Å². The van der Waals surface area contributed by atoms with Gasteiger partial charge in [-0.1, -0.05) is 24.3 Å². The summed E-state index contributed by atoms with van der Waals surface area (Å²) in [5, 5.41) is 2.68. The average molecular weight is 353 g/mol. The van der Waals surface area contributed by atoms with E-state index >= 15 is 0 Å². The number of hydrogen-bond acceptors (Lipinski definition) is 4. The number of ether oxygens (including phenoxy) is 2. The van der Waals surface area contributed by atoms with Gasteiger partial charge in [-0.2, -0.15) is 0 Å². The van der Waals surface area contributed by atoms with Gasteiger partial charge in [0.2, 0.25) is 0 Å². The van der Waals surface area contributed by atoms with E-state index in [2.05, 4.69) is 17.4 Å². The molecule has 1 aliphatic carbocycles. The molecule has 1 N–H and O–H groups in total. The van der Waals surface area contributed by atoms with Crippen molar-refractivity contribution in [3.8, 4) is 5.75 Å². The van der Waals surface area contributed by atoms with Gasteiger partial charge in [0.25, 0.3) is 5.91 Å². The second-order valence-corrected chi connectivity index (χ2v) is 6.43. The van der Waals surface area contributed by atoms with Crippen LogP contribution in [0.5, 0.6) is 5.75 Å². The Morgan fingerprint density at radius 3 is 2.65 bits per heavy atom. The highest BCUT2D eigenvalue weighted by atomic mass is 16.5. The van der Waals surface area contributed by atoms with Gasteiger partial charge < -0.3 is 14.8 Å². The molecule has 3 rings (SSSR count). The fourth-order valence-corrected chi connectivity index (χ4v) is 3.16. The third-order valence-corrected chi connectivity index (χ3v) is 4.48. The summed E-state index contributed by atoms with van der Waals surface area (Å²) in [6.07, 6.45) is 4.80. The molecule has 0 heterocycles. The van der Waals surface area contributed by atoms with Crippen LogP contribution in [0.1, 0.15) is 29.5 Å². The maximum atomic E-state index is 12.0. The number of aryl methyl sites for hydroxylation is 2. The molecule has 0 aliphatic heterocycles. The van der Waals surface area contributed by atoms with Crippen LogP contribution in [-0.2, 0) is 33.6 Å². The average Bonchev–Trinajstić information content (AvgIpc) is 2.66. The minimum atomic E-state index is -0.401. The molecule has 0 bridgehead atoms. The molecular formula is C21H23NO4. The molecule has 2 aromatic carbocycles. The molecule has 136 valence electrons. The van der Waals surface area contributed by atoms with Crippen molar-refractivity contribution in [1.29, 1.82) is 0 Å². The molecule has 0 saturated carbocycles. The van der Waals surface area contributed by atoms with Gasteiger partial charge in [-0.15, -0.1) is 0 Å². The molecule has 5 nitrogen and oxygen atoms in total. The zero-order chi connectivity index (χ0) is 18.4. The largest absolute Gasteiger partial charge is 0.497 e. The summed E-state index contributed by atoms with van der Waals surface area (Å²) in [5.74, 6) is -0.134. The van der Waals surface area contributed by atoms with Gasteiger partial charge in [-0.05, 0) is 54.5 Å². The maximum absolute atomic E-state index is 12.0. The summed E-state index contributed by atoms with van der Waals surface area (Å²) in [5.41, 5.74) is 4.24. The van der Waals surface area contributed by atoms with Gasteiger partial charge in [0.05, 0.1) is 13.5 Å². The van der Waals surface area contributed by atoms with E-state index in [9.17, 15) is 9.59 Å². The predicted molar refractivity (Wildman–Crippen MR) is 99.4 cm³/mol. The van der Waals surface area contributed by atoms with Crippen molar-refractivity contribution in [3.63, 3.8) is 0 Å². The van der Waals surface area contributed by atoms with E-state index in [0.717, 1.165) is 18.4 Å². The van der Waals surface area contributed by atoms with Crippen LogP contribution in [0.2, 0.25) is 0 Å². The normalized spacial score (nSPS) is 12.8. The topological polar surface area (TPSA) is 64.6 Å². The van der Waals surface area contributed by atoms with Crippen molar-refractivity contribution in [2.75, 3.05) is 19.0 Å². The lowest BCUT2D eigenvalue weighted by atomic mass is 9.90. The number of anilines is 1. The van der Waals surface area contributed by atoms with Gasteiger partial charge in [-0.25, -0.2) is 0 Å². The number of amides is 1. The number of carbonyl (C=O) groups excluding carboxylic acids is 2. The Morgan fingerprint density at radius 2 is 1.85 bits per heavy atom. The fourth-order valence-electron chi connectivity index (χ4n) is 3.16. The predicted octanol–water partition coefficient (Wildman–Crippen LogP) is 3.30. The number of hydrogen-bond donors (Lipinski definition) is 1. The first-order chi connectivity index (χ1) is 12.6. The summed E-state index contributed by atoms with van der Waals surface area (Å²) in [4.78, 5) is 23.9. The lowest BCUT2D eigenvalue weighted by Crippen LogP contribution is -2.21. The molecular weight excluding hydrogens is 330 g/mol. The molecule has 1 aliphatic rings. The molecule has 0 atom stereocenters. The highest BCUT2D eigenvalue weighted by Crippen LogP contribution is 2.22. The van der Waals surface area contributed by atoms with Crippen molar-refractivity contribution in [1.82, 2.24) is 0 Å². The first-order valence-corrected chi connectivity index (χ1v) is 8.84. The standard InChI is InChI=1S/C21H23NO4/c1-25-19-8-4-7-18(13-19)22-20(23)14-26-21(24)12-15-9-10-16-5-2-3-6-17(16)11-15/h4,7-11,13H,2-3,5-6,12,14H2,1H3,(H,22,23). The summed E-state index contributed by atoms with van der Waals surface area (Å²) >= 11 is 0. The molecule has 5 heteroatoms. The highest BCUT2D eigenvalue weighted by molar-refractivity contribution is 5.93. The van der Waals surface area contributed by atoms with E-state index in [4.69, 9.17) is 9.47 Å². The maximum Gasteiger partial charge on any atom is 0.310 e. The van der Waals surface area contributed by atoms with Gasteiger partial charge in [0.1, 0.15) is 5.75 Å². The Bertz CT molecular complexity index is 800. The lowest BCUT2D eigenvalue weighted by Gasteiger charge is -2.16. The van der Waals surface area contributed by atoms with Crippen molar-refractivity contribution < 1.29 is 19.1 Å². The van der Waals surface area contributed by atoms with Crippen molar-refractivity contribution in [2.45, 2.75) is 32.1 Å². The van der Waals surface area contributed by atoms with E-state index in [1.165, 1.54) is 24.0 Å². The van der Waals surface area contributed by atoms with E-state index in [0.29, 0.717) is 11.4 Å². The zero-order valence-electron chi connectivity index (χ0n) is 14.9. The minimum Gasteiger partial charge on any atom is -0.497 e. The van der Waals surface area contributed by atoms with Gasteiger partial charge in [-0.3, -0.25) is 9.59 Å². The van der Waals surface area contributed by atoms with Crippen LogP contribution in [0, 0.1) is 0 Å². The molecule has 0 aromatic heterocycles. The van der Waals surface area contributed by atoms with Gasteiger partial charge in [0.15, 0.2) is 6.61 Å². The molecule has 0 unspecified atom stereocenters. The Morgan fingerprint density at radius 1 is 1.04 bits per heavy atom. The highest BCUT2D eigenvalue weighted by Gasteiger charge is 2.13. The van der Waals surface area contributed by atoms with Crippen LogP contribution < -0.4 is 10.1 Å². The monoisotopic (exact) mass is 353 g/mol. The van der Waals surface area contributed by atoms with Crippen LogP contribution in [0.4, 0.5) is 5.69 Å². The quantitative estimate of drug-likeness (QED) is 0.810. The Labute approximate surface area is 153 Å². The van der Waals surface area contributed by atoms with Crippen LogP contribution >= 0.6 is 0 Å². The number of nitrogens with one attached hydrogen (secondary N) is 1. The number of esters is 1. The number of carbonyl (C=O) groups is 2. The van der Waals surface area contributed by atoms with Crippen LogP contribution in [-0.4, -0.2) is 25.6 Å². The van der Waals surface area contributed by atoms with Crippen LogP contribution in [0.15, 0.2) is 42.5 Å². The number of benzene rings is 2. The molecule has 1 amide bonds. The number of methoxy groups -OCH3 is 1. The molecule has 0 fully saturated rings. The van der Waals surface area contributed by atoms with E-state index in [-0.39, 0.29) is 18.9 Å². The number of rotatable bonds is 6. The second-order valence-electron chi connectivity index (χ2n) is 6.43. The molecule has 0 saturated heterocycles. The third kappa shape index (κ3) is 4.85. The van der Waals surface area contributed by atoms with Crippen LogP contribution in [0.25, 0.3) is 0 Å². The third-order valence-electron chi connectivity index (χ3n) is 4.48. The SMILES string of the molecule is COc1cccc(NC(=O)COC(=O)Cc2ccc3c(c2)CCCC3)c1. The Kier molecular flexibility index (Phi) is 5.89. The lowest BCUT2D eigenvalue weighted by molar-refractivity contribution is -0.146. The number of fused-ring (bicyclic) bond motifs is 1. The van der Waals surface area contributed by atoms with Gasteiger partial charge >= 0.3 is 5.97 Å². The van der Waals surface area contributed by atoms with E-state index in [1.54, 1.807) is 31.4 Å². The van der Waals surface area contributed by atoms with Crippen molar-refractivity contribution in [3.05, 3.63) is 59.2 Å². The van der Waals surface area contributed by atoms with Crippen LogP contribution in [0.3, 0.4) is 0 Å². The molecule has 0 spiro atoms. The summed E-state index contributed by atoms with van der Waals surface area (Å²) in [6, 6.07) is 13.2. The second kappa shape index (κ2) is 8.52. The fraction of sp³-hybridized carbons (Fsp3) is 0.333. The minimum absolute atomic E-state index is 0.180. The Hall–Kier alpha value is -2.82. The first-order valence-electron chi connectivity index (χ1n) is 8.84. The van der Waals surface area contributed by atoms with E-state index in [1.807, 2.05) is 6.07 Å². The first kappa shape index (κ1) is 18.0. The smallest absolute Gasteiger partial charge is 0.310 e. The van der Waals surface area contributed by atoms with Gasteiger partial charge in [0, 0.05) is 11.8 Å². The Balaban J connectivity index is 1.48. The summed E-state index contributed by atoms with van der Waals surface area (Å²) < 4.78 is 10.2. The summed E-state index contributed by atoms with van der Waals surface area (Å²) in [7, 11) is 1.56. The van der Waals surface area contributed by atoms with Crippen molar-refractivity contribution >= 4 is 17.6 Å². The summed E-state index contributed by atoms with van der Waals surface area (Å²) in [6.45, 7) is -0.305. The van der Waals surface area contributed by atoms with E-state index < -0.39 is 5.97 Å². The molecule has 0 radical (unpaired) electrons. The molecule has 26 heavy (non-hydrogen) atoms.